The van der Waals surface area contributed by atoms with E-state index < -0.39 is 0 Å². The minimum absolute atomic E-state index is 0.556. The van der Waals surface area contributed by atoms with Crippen molar-refractivity contribution in [2.45, 2.75) is 13.3 Å². The first-order valence-corrected chi connectivity index (χ1v) is 4.62. The Hall–Kier alpha value is 0.270. The highest BCUT2D eigenvalue weighted by Gasteiger charge is 1.97. The summed E-state index contributed by atoms with van der Waals surface area (Å²) in [6.07, 6.45) is 0.982. The number of ether oxygens (including phenoxy) is 2. The fourth-order valence-corrected chi connectivity index (χ4v) is 0.748. The molecule has 0 rings (SSSR count). The second kappa shape index (κ2) is 8.37. The van der Waals surface area contributed by atoms with Crippen molar-refractivity contribution < 1.29 is 9.47 Å². The van der Waals surface area contributed by atoms with Crippen LogP contribution in [0.25, 0.3) is 0 Å². The molecule has 0 heterocycles. The maximum absolute atomic E-state index is 5.36. The minimum atomic E-state index is 0.556. The normalized spacial score (nSPS) is 13.4. The third-order valence-corrected chi connectivity index (χ3v) is 1.97. The van der Waals surface area contributed by atoms with E-state index >= 15 is 0 Å². The highest BCUT2D eigenvalue weighted by Crippen LogP contribution is 1.98. The Bertz CT molecular complexity index is 78.5. The minimum Gasteiger partial charge on any atom is -0.385 e. The zero-order valence-corrected chi connectivity index (χ0v) is 8.27. The zero-order valence-electron chi connectivity index (χ0n) is 7.38. The van der Waals surface area contributed by atoms with Crippen LogP contribution in [0.5, 0.6) is 0 Å². The Labute approximate surface area is 74.7 Å². The summed E-state index contributed by atoms with van der Waals surface area (Å²) in [5.74, 6) is 1.45. The number of methoxy groups -OCH3 is 1. The van der Waals surface area contributed by atoms with Crippen LogP contribution in [0, 0.1) is 5.92 Å². The van der Waals surface area contributed by atoms with Crippen LogP contribution in [-0.2, 0) is 9.47 Å². The summed E-state index contributed by atoms with van der Waals surface area (Å²) in [5.41, 5.74) is 0. The highest BCUT2D eigenvalue weighted by molar-refractivity contribution is 7.80. The molecule has 0 aromatic carbocycles. The van der Waals surface area contributed by atoms with Gasteiger partial charge in [0.1, 0.15) is 0 Å². The fourth-order valence-electron chi connectivity index (χ4n) is 0.643. The molecule has 1 atom stereocenters. The van der Waals surface area contributed by atoms with Gasteiger partial charge in [-0.15, -0.1) is 0 Å². The van der Waals surface area contributed by atoms with Crippen LogP contribution in [0.4, 0.5) is 0 Å². The SMILES string of the molecule is COCCCOCC(C)CS. The van der Waals surface area contributed by atoms with E-state index in [1.54, 1.807) is 7.11 Å². The van der Waals surface area contributed by atoms with Crippen molar-refractivity contribution in [3.8, 4) is 0 Å². The Balaban J connectivity index is 2.89. The van der Waals surface area contributed by atoms with Crippen LogP contribution in [0.1, 0.15) is 13.3 Å². The molecule has 0 saturated carbocycles. The van der Waals surface area contributed by atoms with Gasteiger partial charge in [0.25, 0.3) is 0 Å². The first kappa shape index (κ1) is 11.3. The number of rotatable bonds is 7. The molecule has 0 aromatic rings. The number of hydrogen-bond acceptors (Lipinski definition) is 3. The summed E-state index contributed by atoms with van der Waals surface area (Å²) in [6.45, 7) is 4.53. The molecule has 68 valence electrons. The van der Waals surface area contributed by atoms with Gasteiger partial charge in [0, 0.05) is 26.9 Å². The lowest BCUT2D eigenvalue weighted by Gasteiger charge is -2.08. The van der Waals surface area contributed by atoms with Gasteiger partial charge in [0.15, 0.2) is 0 Å². The van der Waals surface area contributed by atoms with Gasteiger partial charge in [0.2, 0.25) is 0 Å². The molecule has 0 aliphatic rings. The largest absolute Gasteiger partial charge is 0.385 e. The van der Waals surface area contributed by atoms with Gasteiger partial charge in [-0.3, -0.25) is 0 Å². The third kappa shape index (κ3) is 8.17. The molecule has 0 aromatic heterocycles. The molecule has 0 N–H and O–H groups in total. The fraction of sp³-hybridized carbons (Fsp3) is 1.00. The maximum atomic E-state index is 5.36. The van der Waals surface area contributed by atoms with E-state index in [9.17, 15) is 0 Å². The molecule has 0 radical (unpaired) electrons. The van der Waals surface area contributed by atoms with E-state index in [4.69, 9.17) is 9.47 Å². The molecule has 0 spiro atoms. The van der Waals surface area contributed by atoms with Gasteiger partial charge in [0.05, 0.1) is 0 Å². The lowest BCUT2D eigenvalue weighted by Crippen LogP contribution is -2.08. The maximum Gasteiger partial charge on any atom is 0.0499 e. The van der Waals surface area contributed by atoms with Crippen molar-refractivity contribution >= 4 is 12.6 Å². The molecule has 0 fully saturated rings. The van der Waals surface area contributed by atoms with Gasteiger partial charge in [-0.2, -0.15) is 12.6 Å². The third-order valence-electron chi connectivity index (χ3n) is 1.35. The van der Waals surface area contributed by atoms with Crippen LogP contribution in [0.15, 0.2) is 0 Å². The van der Waals surface area contributed by atoms with Crippen LogP contribution in [0.3, 0.4) is 0 Å². The second-order valence-electron chi connectivity index (χ2n) is 2.71. The van der Waals surface area contributed by atoms with Crippen molar-refractivity contribution in [1.29, 1.82) is 0 Å². The summed E-state index contributed by atoms with van der Waals surface area (Å²) < 4.78 is 10.2. The average Bonchev–Trinajstić information content (AvgIpc) is 2.04. The standard InChI is InChI=1S/C8H18O2S/c1-8(7-11)6-10-5-3-4-9-2/h8,11H,3-7H2,1-2H3. The van der Waals surface area contributed by atoms with Crippen molar-refractivity contribution in [3.05, 3.63) is 0 Å². The summed E-state index contributed by atoms with van der Waals surface area (Å²) in [4.78, 5) is 0. The lowest BCUT2D eigenvalue weighted by molar-refractivity contribution is 0.0871. The quantitative estimate of drug-likeness (QED) is 0.471. The van der Waals surface area contributed by atoms with Crippen LogP contribution in [-0.4, -0.2) is 32.7 Å². The first-order valence-electron chi connectivity index (χ1n) is 3.98. The van der Waals surface area contributed by atoms with Gasteiger partial charge >= 0.3 is 0 Å². The van der Waals surface area contributed by atoms with Gasteiger partial charge in [-0.1, -0.05) is 6.92 Å². The molecule has 0 aliphatic carbocycles. The van der Waals surface area contributed by atoms with Crippen LogP contribution in [0.2, 0.25) is 0 Å². The second-order valence-corrected chi connectivity index (χ2v) is 3.07. The van der Waals surface area contributed by atoms with E-state index in [2.05, 4.69) is 19.6 Å². The molecule has 0 saturated heterocycles. The molecular weight excluding hydrogens is 160 g/mol. The van der Waals surface area contributed by atoms with Crippen molar-refractivity contribution in [3.63, 3.8) is 0 Å². The molecule has 0 amide bonds. The molecule has 2 nitrogen and oxygen atoms in total. The van der Waals surface area contributed by atoms with Crippen molar-refractivity contribution in [1.82, 2.24) is 0 Å². The van der Waals surface area contributed by atoms with E-state index in [1.807, 2.05) is 0 Å². The molecule has 1 unspecified atom stereocenters. The topological polar surface area (TPSA) is 18.5 Å². The van der Waals surface area contributed by atoms with E-state index in [-0.39, 0.29) is 0 Å². The Morgan fingerprint density at radius 1 is 1.36 bits per heavy atom. The molecular formula is C8H18O2S. The summed E-state index contributed by atoms with van der Waals surface area (Å²) >= 11 is 4.15. The van der Waals surface area contributed by atoms with Gasteiger partial charge < -0.3 is 9.47 Å². The Morgan fingerprint density at radius 3 is 2.64 bits per heavy atom. The lowest BCUT2D eigenvalue weighted by atomic mass is 10.2. The monoisotopic (exact) mass is 178 g/mol. The van der Waals surface area contributed by atoms with Gasteiger partial charge in [-0.05, 0) is 18.1 Å². The Morgan fingerprint density at radius 2 is 2.09 bits per heavy atom. The molecule has 0 bridgehead atoms. The molecule has 0 aliphatic heterocycles. The van der Waals surface area contributed by atoms with Crippen LogP contribution >= 0.6 is 12.6 Å². The van der Waals surface area contributed by atoms with E-state index in [1.165, 1.54) is 0 Å². The number of thiol groups is 1. The molecule has 3 heteroatoms. The average molecular weight is 178 g/mol. The van der Waals surface area contributed by atoms with Gasteiger partial charge in [-0.25, -0.2) is 0 Å². The predicted molar refractivity (Wildman–Crippen MR) is 50.3 cm³/mol. The predicted octanol–water partition coefficient (Wildman–Crippen LogP) is 1.61. The van der Waals surface area contributed by atoms with Crippen molar-refractivity contribution in [2.24, 2.45) is 5.92 Å². The highest BCUT2D eigenvalue weighted by atomic mass is 32.1. The molecule has 11 heavy (non-hydrogen) atoms. The van der Waals surface area contributed by atoms with E-state index in [0.717, 1.165) is 32.0 Å². The summed E-state index contributed by atoms with van der Waals surface area (Å²) in [5, 5.41) is 0. The van der Waals surface area contributed by atoms with Crippen molar-refractivity contribution in [2.75, 3.05) is 32.7 Å². The summed E-state index contributed by atoms with van der Waals surface area (Å²) in [7, 11) is 1.70. The van der Waals surface area contributed by atoms with E-state index in [0.29, 0.717) is 5.92 Å². The smallest absolute Gasteiger partial charge is 0.0499 e. The van der Waals surface area contributed by atoms with Crippen LogP contribution < -0.4 is 0 Å². The Kier molecular flexibility index (Phi) is 8.57. The first-order chi connectivity index (χ1) is 5.31. The number of hydrogen-bond donors (Lipinski definition) is 1. The zero-order chi connectivity index (χ0) is 8.53. The summed E-state index contributed by atoms with van der Waals surface area (Å²) in [6, 6.07) is 0.